The zero-order valence-corrected chi connectivity index (χ0v) is 10.8. The summed E-state index contributed by atoms with van der Waals surface area (Å²) < 4.78 is 10.4. The highest BCUT2D eigenvalue weighted by Gasteiger charge is 2.12. The summed E-state index contributed by atoms with van der Waals surface area (Å²) in [6.45, 7) is 0.601. The number of carbonyl (C=O) groups is 1. The van der Waals surface area contributed by atoms with Gasteiger partial charge in [0.1, 0.15) is 5.75 Å². The molecule has 0 bridgehead atoms. The Labute approximate surface area is 111 Å². The second kappa shape index (κ2) is 5.48. The van der Waals surface area contributed by atoms with E-state index in [2.05, 4.69) is 0 Å². The molecule has 0 saturated carbocycles. The maximum absolute atomic E-state index is 10.7. The topological polar surface area (TPSA) is 62.9 Å². The molecule has 0 aliphatic heterocycles. The molecule has 1 aromatic carbocycles. The number of rotatable bonds is 5. The summed E-state index contributed by atoms with van der Waals surface area (Å²) in [7, 11) is 3.46. The Hall–Kier alpha value is -2.43. The standard InChI is InChI=1S/C14H15NO4/c1-15(13-7-6-12(19-13)14(16)17)9-10-4-3-5-11(8-10)18-2/h3-8H,9H2,1-2H3,(H,16,17). The number of carboxylic acid groups (broad SMARTS) is 1. The highest BCUT2D eigenvalue weighted by molar-refractivity contribution is 5.84. The lowest BCUT2D eigenvalue weighted by Crippen LogP contribution is -2.15. The first-order chi connectivity index (χ1) is 9.10. The lowest BCUT2D eigenvalue weighted by atomic mass is 10.2. The third-order valence-electron chi connectivity index (χ3n) is 2.73. The molecule has 0 atom stereocenters. The molecule has 0 fully saturated rings. The number of nitrogens with zero attached hydrogens (tertiary/aromatic N) is 1. The Balaban J connectivity index is 2.10. The van der Waals surface area contributed by atoms with Crippen molar-refractivity contribution in [3.63, 3.8) is 0 Å². The molecule has 0 radical (unpaired) electrons. The molecule has 0 aliphatic carbocycles. The Morgan fingerprint density at radius 3 is 2.79 bits per heavy atom. The lowest BCUT2D eigenvalue weighted by Gasteiger charge is -2.16. The third-order valence-corrected chi connectivity index (χ3v) is 2.73. The van der Waals surface area contributed by atoms with Crippen LogP contribution in [0.1, 0.15) is 16.1 Å². The summed E-state index contributed by atoms with van der Waals surface area (Å²) in [4.78, 5) is 12.6. The van der Waals surface area contributed by atoms with Crippen LogP contribution in [-0.4, -0.2) is 25.2 Å². The van der Waals surface area contributed by atoms with Crippen LogP contribution < -0.4 is 9.64 Å². The minimum atomic E-state index is -1.07. The van der Waals surface area contributed by atoms with E-state index in [9.17, 15) is 4.79 Å². The van der Waals surface area contributed by atoms with Crippen LogP contribution in [0.3, 0.4) is 0 Å². The van der Waals surface area contributed by atoms with Gasteiger partial charge in [-0.2, -0.15) is 0 Å². The molecule has 1 N–H and O–H groups in total. The average Bonchev–Trinajstić information content (AvgIpc) is 2.89. The summed E-state index contributed by atoms with van der Waals surface area (Å²) >= 11 is 0. The normalized spacial score (nSPS) is 10.2. The second-order valence-corrected chi connectivity index (χ2v) is 4.15. The van der Waals surface area contributed by atoms with E-state index in [-0.39, 0.29) is 5.76 Å². The molecule has 1 heterocycles. The van der Waals surface area contributed by atoms with Crippen LogP contribution in [0, 0.1) is 0 Å². The summed E-state index contributed by atoms with van der Waals surface area (Å²) in [6.07, 6.45) is 0. The molecule has 100 valence electrons. The molecule has 0 amide bonds. The molecule has 0 spiro atoms. The monoisotopic (exact) mass is 261 g/mol. The summed E-state index contributed by atoms with van der Waals surface area (Å²) in [5.74, 6) is 0.172. The summed E-state index contributed by atoms with van der Waals surface area (Å²) in [5, 5.41) is 8.81. The molecular formula is C14H15NO4. The summed E-state index contributed by atoms with van der Waals surface area (Å²) in [5.41, 5.74) is 1.05. The minimum Gasteiger partial charge on any atom is -0.497 e. The number of benzene rings is 1. The molecule has 5 nitrogen and oxygen atoms in total. The highest BCUT2D eigenvalue weighted by atomic mass is 16.5. The van der Waals surface area contributed by atoms with E-state index in [1.165, 1.54) is 6.07 Å². The van der Waals surface area contributed by atoms with Crippen molar-refractivity contribution < 1.29 is 19.1 Å². The first-order valence-electron chi connectivity index (χ1n) is 5.77. The van der Waals surface area contributed by atoms with Crippen molar-refractivity contribution in [3.05, 3.63) is 47.7 Å². The zero-order chi connectivity index (χ0) is 13.8. The largest absolute Gasteiger partial charge is 0.497 e. The van der Waals surface area contributed by atoms with E-state index in [1.807, 2.05) is 36.2 Å². The number of methoxy groups -OCH3 is 1. The Morgan fingerprint density at radius 2 is 2.16 bits per heavy atom. The van der Waals surface area contributed by atoms with Crippen molar-refractivity contribution in [3.8, 4) is 5.75 Å². The van der Waals surface area contributed by atoms with Gasteiger partial charge in [0, 0.05) is 19.7 Å². The van der Waals surface area contributed by atoms with Gasteiger partial charge < -0.3 is 19.2 Å². The first-order valence-corrected chi connectivity index (χ1v) is 5.77. The van der Waals surface area contributed by atoms with Gasteiger partial charge in [-0.1, -0.05) is 12.1 Å². The predicted octanol–water partition coefficient (Wildman–Crippen LogP) is 2.62. The van der Waals surface area contributed by atoms with Gasteiger partial charge in [-0.3, -0.25) is 0 Å². The van der Waals surface area contributed by atoms with Gasteiger partial charge in [0.05, 0.1) is 7.11 Å². The molecular weight excluding hydrogens is 246 g/mol. The van der Waals surface area contributed by atoms with Gasteiger partial charge in [0.15, 0.2) is 5.88 Å². The van der Waals surface area contributed by atoms with Crippen molar-refractivity contribution >= 4 is 11.9 Å². The van der Waals surface area contributed by atoms with E-state index in [4.69, 9.17) is 14.3 Å². The SMILES string of the molecule is COc1cccc(CN(C)c2ccc(C(=O)O)o2)c1. The average molecular weight is 261 g/mol. The highest BCUT2D eigenvalue weighted by Crippen LogP contribution is 2.20. The number of anilines is 1. The van der Waals surface area contributed by atoms with Crippen molar-refractivity contribution in [2.24, 2.45) is 0 Å². The van der Waals surface area contributed by atoms with Crippen molar-refractivity contribution in [1.29, 1.82) is 0 Å². The lowest BCUT2D eigenvalue weighted by molar-refractivity contribution is 0.0663. The maximum atomic E-state index is 10.7. The van der Waals surface area contributed by atoms with Crippen LogP contribution >= 0.6 is 0 Å². The van der Waals surface area contributed by atoms with E-state index < -0.39 is 5.97 Å². The van der Waals surface area contributed by atoms with Crippen LogP contribution in [0.4, 0.5) is 5.88 Å². The van der Waals surface area contributed by atoms with Crippen LogP contribution in [0.2, 0.25) is 0 Å². The molecule has 5 heteroatoms. The molecule has 2 aromatic rings. The maximum Gasteiger partial charge on any atom is 0.371 e. The first kappa shape index (κ1) is 13.0. The zero-order valence-electron chi connectivity index (χ0n) is 10.8. The smallest absolute Gasteiger partial charge is 0.371 e. The van der Waals surface area contributed by atoms with Crippen LogP contribution in [0.25, 0.3) is 0 Å². The quantitative estimate of drug-likeness (QED) is 0.896. The summed E-state index contributed by atoms with van der Waals surface area (Å²) in [6, 6.07) is 10.8. The molecule has 1 aromatic heterocycles. The predicted molar refractivity (Wildman–Crippen MR) is 70.8 cm³/mol. The fourth-order valence-corrected chi connectivity index (χ4v) is 1.77. The van der Waals surface area contributed by atoms with Crippen molar-refractivity contribution in [2.75, 3.05) is 19.1 Å². The van der Waals surface area contributed by atoms with Crippen LogP contribution in [-0.2, 0) is 6.54 Å². The fourth-order valence-electron chi connectivity index (χ4n) is 1.77. The Kier molecular flexibility index (Phi) is 3.75. The van der Waals surface area contributed by atoms with Crippen LogP contribution in [0.15, 0.2) is 40.8 Å². The van der Waals surface area contributed by atoms with Gasteiger partial charge in [-0.15, -0.1) is 0 Å². The van der Waals surface area contributed by atoms with Crippen LogP contribution in [0.5, 0.6) is 5.75 Å². The van der Waals surface area contributed by atoms with E-state index in [1.54, 1.807) is 13.2 Å². The number of hydrogen-bond donors (Lipinski definition) is 1. The molecule has 19 heavy (non-hydrogen) atoms. The van der Waals surface area contributed by atoms with E-state index in [0.717, 1.165) is 11.3 Å². The van der Waals surface area contributed by atoms with Crippen molar-refractivity contribution in [1.82, 2.24) is 0 Å². The number of furan rings is 1. The minimum absolute atomic E-state index is 0.0625. The van der Waals surface area contributed by atoms with E-state index in [0.29, 0.717) is 12.4 Å². The fraction of sp³-hybridized carbons (Fsp3) is 0.214. The molecule has 0 saturated heterocycles. The Morgan fingerprint density at radius 1 is 1.37 bits per heavy atom. The molecule has 0 unspecified atom stereocenters. The van der Waals surface area contributed by atoms with Gasteiger partial charge >= 0.3 is 5.97 Å². The van der Waals surface area contributed by atoms with Gasteiger partial charge in [0.2, 0.25) is 5.76 Å². The Bertz CT molecular complexity index is 576. The van der Waals surface area contributed by atoms with Crippen molar-refractivity contribution in [2.45, 2.75) is 6.54 Å². The van der Waals surface area contributed by atoms with Gasteiger partial charge in [0.25, 0.3) is 0 Å². The molecule has 2 rings (SSSR count). The third kappa shape index (κ3) is 3.07. The number of ether oxygens (including phenoxy) is 1. The van der Waals surface area contributed by atoms with Gasteiger partial charge in [-0.05, 0) is 23.8 Å². The number of aromatic carboxylic acids is 1. The number of hydrogen-bond acceptors (Lipinski definition) is 4. The van der Waals surface area contributed by atoms with Gasteiger partial charge in [-0.25, -0.2) is 4.79 Å². The van der Waals surface area contributed by atoms with E-state index >= 15 is 0 Å². The second-order valence-electron chi connectivity index (χ2n) is 4.15. The molecule has 0 aliphatic rings. The number of carboxylic acids is 1.